The van der Waals surface area contributed by atoms with E-state index in [0.29, 0.717) is 48.4 Å². The number of carbonyl (C=O) groups is 2. The van der Waals surface area contributed by atoms with Gasteiger partial charge in [-0.25, -0.2) is 4.79 Å². The average Bonchev–Trinajstić information content (AvgIpc) is 3.23. The maximum absolute atomic E-state index is 12.9. The minimum Gasteiger partial charge on any atom is -0.478 e. The monoisotopic (exact) mass is 607 g/mol. The number of aliphatic carboxylic acids is 1. The molecule has 4 fully saturated rings. The van der Waals surface area contributed by atoms with Gasteiger partial charge in [0, 0.05) is 23.1 Å². The van der Waals surface area contributed by atoms with Crippen LogP contribution in [0.25, 0.3) is 10.4 Å². The number of aliphatic hydroxyl groups is 2. The number of aryl methyl sites for hydroxylation is 1. The fourth-order valence-electron chi connectivity index (χ4n) is 10.7. The fourth-order valence-corrected chi connectivity index (χ4v) is 10.7. The molecule has 0 aliphatic heterocycles. The van der Waals surface area contributed by atoms with Crippen LogP contribution in [0.1, 0.15) is 98.0 Å². The van der Waals surface area contributed by atoms with Gasteiger partial charge in [0.15, 0.2) is 0 Å². The summed E-state index contributed by atoms with van der Waals surface area (Å²) >= 11 is 0. The van der Waals surface area contributed by atoms with E-state index >= 15 is 0 Å². The van der Waals surface area contributed by atoms with Crippen molar-refractivity contribution in [2.45, 2.75) is 117 Å². The highest BCUT2D eigenvalue weighted by molar-refractivity contribution is 5.88. The second-order valence-electron chi connectivity index (χ2n) is 14.9. The Labute approximate surface area is 260 Å². The van der Waals surface area contributed by atoms with E-state index in [1.54, 1.807) is 12.1 Å². The van der Waals surface area contributed by atoms with E-state index in [9.17, 15) is 24.9 Å². The molecule has 1 aromatic rings. The van der Waals surface area contributed by atoms with Gasteiger partial charge in [-0.05, 0) is 121 Å². The maximum atomic E-state index is 12.9. The molecule has 0 amide bonds. The molecule has 240 valence electrons. The standard InChI is InChI=1S/C35H49N3O6/c1-20-25-14-17-34(4)31(33(25,3)16-15-27(20)40)28(41)18-26-30(29(44-21(2)39)19-35(26,34)5)24(32(42)43)9-7-6-8-22-10-12-23(13-11-22)37-38-36/h10-13,20,25-29,31,40-41H,6-9,14-19H2,1-5H3,(H,42,43)/b30-24-/t20-,25?,26-,27+,28+,29-,31-,33-,34-,35-/m0/s1. The molecule has 0 bridgehead atoms. The number of carbonyl (C=O) groups excluding carboxylic acids is 1. The van der Waals surface area contributed by atoms with Crippen molar-refractivity contribution in [1.29, 1.82) is 0 Å². The Balaban J connectivity index is 1.45. The number of carboxylic acid groups (broad SMARTS) is 1. The molecule has 4 aliphatic rings. The normalized spacial score (nSPS) is 40.6. The van der Waals surface area contributed by atoms with Gasteiger partial charge in [-0.15, -0.1) is 0 Å². The van der Waals surface area contributed by atoms with Gasteiger partial charge in [-0.1, -0.05) is 57.1 Å². The molecule has 1 unspecified atom stereocenters. The Morgan fingerprint density at radius 2 is 1.75 bits per heavy atom. The van der Waals surface area contributed by atoms with Crippen molar-refractivity contribution in [3.05, 3.63) is 51.4 Å². The molecule has 0 saturated heterocycles. The Morgan fingerprint density at radius 1 is 1.05 bits per heavy atom. The van der Waals surface area contributed by atoms with Crippen LogP contribution in [0.5, 0.6) is 0 Å². The third kappa shape index (κ3) is 5.35. The largest absolute Gasteiger partial charge is 0.478 e. The second-order valence-corrected chi connectivity index (χ2v) is 14.9. The van der Waals surface area contributed by atoms with Crippen LogP contribution >= 0.6 is 0 Å². The molecule has 4 saturated carbocycles. The number of benzene rings is 1. The smallest absolute Gasteiger partial charge is 0.331 e. The highest BCUT2D eigenvalue weighted by Crippen LogP contribution is 2.74. The summed E-state index contributed by atoms with van der Waals surface area (Å²) in [6.07, 6.45) is 5.47. The van der Waals surface area contributed by atoms with E-state index < -0.39 is 24.1 Å². The summed E-state index contributed by atoms with van der Waals surface area (Å²) in [7, 11) is 0. The van der Waals surface area contributed by atoms with Crippen LogP contribution in [-0.4, -0.2) is 45.6 Å². The van der Waals surface area contributed by atoms with Crippen molar-refractivity contribution in [3.63, 3.8) is 0 Å². The summed E-state index contributed by atoms with van der Waals surface area (Å²) in [5.74, 6) is -1.09. The average molecular weight is 608 g/mol. The van der Waals surface area contributed by atoms with E-state index in [2.05, 4.69) is 37.7 Å². The number of ether oxygens (including phenoxy) is 1. The third-order valence-electron chi connectivity index (χ3n) is 12.9. The van der Waals surface area contributed by atoms with Gasteiger partial charge >= 0.3 is 11.9 Å². The number of hydrogen-bond donors (Lipinski definition) is 3. The van der Waals surface area contributed by atoms with Gasteiger partial charge in [0.25, 0.3) is 0 Å². The highest BCUT2D eigenvalue weighted by Gasteiger charge is 2.70. The van der Waals surface area contributed by atoms with Crippen LogP contribution in [0.2, 0.25) is 0 Å². The molecule has 0 heterocycles. The molecule has 3 N–H and O–H groups in total. The molecule has 5 rings (SSSR count). The lowest BCUT2D eigenvalue weighted by Gasteiger charge is -2.69. The van der Waals surface area contributed by atoms with Crippen molar-refractivity contribution in [1.82, 2.24) is 0 Å². The lowest BCUT2D eigenvalue weighted by Crippen LogP contribution is -2.65. The third-order valence-corrected chi connectivity index (χ3v) is 12.9. The van der Waals surface area contributed by atoms with E-state index in [1.807, 2.05) is 12.1 Å². The molecule has 0 aromatic heterocycles. The number of rotatable bonds is 8. The van der Waals surface area contributed by atoms with Crippen molar-refractivity contribution in [2.24, 2.45) is 45.0 Å². The Kier molecular flexibility index (Phi) is 8.98. The summed E-state index contributed by atoms with van der Waals surface area (Å²) in [6.45, 7) is 10.4. The van der Waals surface area contributed by atoms with Crippen LogP contribution in [0.4, 0.5) is 5.69 Å². The highest BCUT2D eigenvalue weighted by atomic mass is 16.5. The summed E-state index contributed by atoms with van der Waals surface area (Å²) in [5.41, 5.74) is 10.5. The Hall–Kier alpha value is -2.87. The topological polar surface area (TPSA) is 153 Å². The zero-order chi connectivity index (χ0) is 32.0. The van der Waals surface area contributed by atoms with Gasteiger partial charge in [-0.2, -0.15) is 0 Å². The van der Waals surface area contributed by atoms with Crippen molar-refractivity contribution in [3.8, 4) is 0 Å². The fraction of sp³-hybridized carbons (Fsp3) is 0.714. The molecule has 9 heteroatoms. The first-order chi connectivity index (χ1) is 20.8. The lowest BCUT2D eigenvalue weighted by molar-refractivity contribution is -0.234. The van der Waals surface area contributed by atoms with Gasteiger partial charge in [-0.3, -0.25) is 4.79 Å². The predicted molar refractivity (Wildman–Crippen MR) is 167 cm³/mol. The van der Waals surface area contributed by atoms with Gasteiger partial charge in [0.2, 0.25) is 0 Å². The number of azide groups is 1. The van der Waals surface area contributed by atoms with Gasteiger partial charge < -0.3 is 20.1 Å². The zero-order valence-corrected chi connectivity index (χ0v) is 26.8. The summed E-state index contributed by atoms with van der Waals surface area (Å²) in [4.78, 5) is 28.1. The zero-order valence-electron chi connectivity index (χ0n) is 26.8. The van der Waals surface area contributed by atoms with E-state index in [1.165, 1.54) is 6.92 Å². The second kappa shape index (κ2) is 12.1. The van der Waals surface area contributed by atoms with Crippen molar-refractivity contribution in [2.75, 3.05) is 0 Å². The Bertz CT molecular complexity index is 1350. The van der Waals surface area contributed by atoms with Gasteiger partial charge in [0.1, 0.15) is 6.10 Å². The number of hydrogen-bond acceptors (Lipinski definition) is 6. The maximum Gasteiger partial charge on any atom is 0.331 e. The first-order valence-corrected chi connectivity index (χ1v) is 16.4. The predicted octanol–water partition coefficient (Wildman–Crippen LogP) is 7.27. The summed E-state index contributed by atoms with van der Waals surface area (Å²) in [6, 6.07) is 7.39. The molecular weight excluding hydrogens is 558 g/mol. The molecular formula is C35H49N3O6. The quantitative estimate of drug-likeness (QED) is 0.0705. The minimum atomic E-state index is -0.979. The summed E-state index contributed by atoms with van der Waals surface area (Å²) in [5, 5.41) is 36.9. The minimum absolute atomic E-state index is 0.0146. The molecule has 0 radical (unpaired) electrons. The van der Waals surface area contributed by atoms with E-state index in [4.69, 9.17) is 10.3 Å². The van der Waals surface area contributed by atoms with Crippen LogP contribution < -0.4 is 0 Å². The van der Waals surface area contributed by atoms with E-state index in [-0.39, 0.29) is 40.1 Å². The lowest BCUT2D eigenvalue weighted by atomic mass is 9.36. The number of esters is 1. The number of carboxylic acids is 1. The first kappa shape index (κ1) is 32.5. The molecule has 0 spiro atoms. The van der Waals surface area contributed by atoms with Gasteiger partial charge in [0.05, 0.1) is 12.2 Å². The van der Waals surface area contributed by atoms with E-state index in [0.717, 1.165) is 44.1 Å². The number of fused-ring (bicyclic) bond motifs is 5. The molecule has 9 nitrogen and oxygen atoms in total. The SMILES string of the molecule is CC(=O)O[C@H]1C[C@@]2(C)[C@@H](C[C@@H](O)[C@H]3[C@@]4(C)CC[C@@H](O)[C@@H](C)C4CC[C@@]32C)/C1=C(\CCCCc1ccc(N=[N+]=[N-])cc1)C(=O)O. The number of nitrogens with zero attached hydrogens (tertiary/aromatic N) is 3. The van der Waals surface area contributed by atoms with Crippen LogP contribution in [0.15, 0.2) is 40.5 Å². The van der Waals surface area contributed by atoms with Crippen LogP contribution in [0, 0.1) is 39.9 Å². The number of aliphatic hydroxyl groups excluding tert-OH is 2. The molecule has 44 heavy (non-hydrogen) atoms. The number of unbranched alkanes of at least 4 members (excludes halogenated alkanes) is 1. The van der Waals surface area contributed by atoms with Crippen LogP contribution in [-0.2, 0) is 20.7 Å². The summed E-state index contributed by atoms with van der Waals surface area (Å²) < 4.78 is 5.93. The van der Waals surface area contributed by atoms with Crippen LogP contribution in [0.3, 0.4) is 0 Å². The molecule has 10 atom stereocenters. The van der Waals surface area contributed by atoms with Crippen molar-refractivity contribution < 1.29 is 29.6 Å². The molecule has 4 aliphatic carbocycles. The first-order valence-electron chi connectivity index (χ1n) is 16.4. The molecule has 1 aromatic carbocycles. The Morgan fingerprint density at radius 3 is 2.39 bits per heavy atom. The van der Waals surface area contributed by atoms with Crippen molar-refractivity contribution >= 4 is 17.6 Å².